The minimum absolute atomic E-state index is 0.0717. The molecule has 3 rings (SSSR count). The summed E-state index contributed by atoms with van der Waals surface area (Å²) < 4.78 is 1.36. The summed E-state index contributed by atoms with van der Waals surface area (Å²) in [6.07, 6.45) is 0.519. The standard InChI is InChI=1S/C16H17N3O5/c20-13(18-7-5-10(9-18)15(22)23)6-8-19-12-4-2-1-3-11(12)14(21)17-16(19)24/h1-4,10H,5-9H2,(H,22,23)(H,17,21,24)/t10-/m1/s1. The Kier molecular flexibility index (Phi) is 4.20. The van der Waals surface area contributed by atoms with Gasteiger partial charge in [0.15, 0.2) is 0 Å². The average molecular weight is 331 g/mol. The van der Waals surface area contributed by atoms with Crippen molar-refractivity contribution in [2.45, 2.75) is 19.4 Å². The number of para-hydroxylation sites is 1. The van der Waals surface area contributed by atoms with Gasteiger partial charge in [0.1, 0.15) is 0 Å². The molecular formula is C16H17N3O5. The number of fused-ring (bicyclic) bond motifs is 1. The number of rotatable bonds is 4. The van der Waals surface area contributed by atoms with E-state index in [1.807, 2.05) is 0 Å². The summed E-state index contributed by atoms with van der Waals surface area (Å²) in [5.74, 6) is -1.61. The number of nitrogens with one attached hydrogen (secondary N) is 1. The van der Waals surface area contributed by atoms with Crippen LogP contribution in [0, 0.1) is 5.92 Å². The minimum atomic E-state index is -0.895. The van der Waals surface area contributed by atoms with E-state index in [-0.39, 0.29) is 25.4 Å². The summed E-state index contributed by atoms with van der Waals surface area (Å²) >= 11 is 0. The molecule has 8 nitrogen and oxygen atoms in total. The zero-order valence-corrected chi connectivity index (χ0v) is 12.9. The molecule has 1 atom stereocenters. The van der Waals surface area contributed by atoms with Gasteiger partial charge in [-0.15, -0.1) is 0 Å². The molecule has 1 saturated heterocycles. The molecule has 1 aromatic carbocycles. The lowest BCUT2D eigenvalue weighted by Gasteiger charge is -2.16. The van der Waals surface area contributed by atoms with Crippen LogP contribution < -0.4 is 11.2 Å². The number of benzene rings is 1. The summed E-state index contributed by atoms with van der Waals surface area (Å²) in [7, 11) is 0. The first-order chi connectivity index (χ1) is 11.5. The minimum Gasteiger partial charge on any atom is -0.481 e. The highest BCUT2D eigenvalue weighted by Gasteiger charge is 2.30. The highest BCUT2D eigenvalue weighted by atomic mass is 16.4. The van der Waals surface area contributed by atoms with Crippen LogP contribution in [0.25, 0.3) is 10.9 Å². The molecule has 0 saturated carbocycles. The maximum atomic E-state index is 12.2. The van der Waals surface area contributed by atoms with E-state index < -0.39 is 23.1 Å². The number of carboxylic acids is 1. The molecule has 1 aliphatic heterocycles. The maximum Gasteiger partial charge on any atom is 0.328 e. The number of carbonyl (C=O) groups is 2. The third-order valence-corrected chi connectivity index (χ3v) is 4.34. The fourth-order valence-electron chi connectivity index (χ4n) is 3.02. The average Bonchev–Trinajstić information content (AvgIpc) is 3.05. The van der Waals surface area contributed by atoms with E-state index in [2.05, 4.69) is 4.98 Å². The van der Waals surface area contributed by atoms with Crippen molar-refractivity contribution in [3.05, 3.63) is 45.1 Å². The lowest BCUT2D eigenvalue weighted by molar-refractivity contribution is -0.141. The van der Waals surface area contributed by atoms with E-state index in [0.29, 0.717) is 23.9 Å². The van der Waals surface area contributed by atoms with E-state index in [4.69, 9.17) is 5.11 Å². The second kappa shape index (κ2) is 6.31. The van der Waals surface area contributed by atoms with E-state index in [1.54, 1.807) is 24.3 Å². The molecule has 2 N–H and O–H groups in total. The Balaban J connectivity index is 1.77. The number of aliphatic carboxylic acids is 1. The number of H-pyrrole nitrogens is 1. The SMILES string of the molecule is O=C(O)[C@@H]1CCN(C(=O)CCn2c(=O)[nH]c(=O)c3ccccc32)C1. The van der Waals surface area contributed by atoms with E-state index >= 15 is 0 Å². The van der Waals surface area contributed by atoms with E-state index in [9.17, 15) is 19.2 Å². The summed E-state index contributed by atoms with van der Waals surface area (Å²) in [6, 6.07) is 6.70. The number of likely N-dealkylation sites (tertiary alicyclic amines) is 1. The van der Waals surface area contributed by atoms with Crippen LogP contribution in [-0.4, -0.2) is 44.5 Å². The van der Waals surface area contributed by atoms with Crippen molar-refractivity contribution >= 4 is 22.8 Å². The number of aryl methyl sites for hydroxylation is 1. The van der Waals surface area contributed by atoms with Crippen molar-refractivity contribution in [1.82, 2.24) is 14.5 Å². The highest BCUT2D eigenvalue weighted by molar-refractivity contribution is 5.80. The molecular weight excluding hydrogens is 314 g/mol. The van der Waals surface area contributed by atoms with Crippen molar-refractivity contribution < 1.29 is 14.7 Å². The van der Waals surface area contributed by atoms with E-state index in [0.717, 1.165) is 0 Å². The normalized spacial score (nSPS) is 17.3. The molecule has 24 heavy (non-hydrogen) atoms. The van der Waals surface area contributed by atoms with E-state index in [1.165, 1.54) is 9.47 Å². The molecule has 0 bridgehead atoms. The zero-order valence-electron chi connectivity index (χ0n) is 12.9. The predicted octanol–water partition coefficient (Wildman–Crippen LogP) is 0.0130. The van der Waals surface area contributed by atoms with Gasteiger partial charge < -0.3 is 10.0 Å². The Morgan fingerprint density at radius 2 is 2.00 bits per heavy atom. The van der Waals surface area contributed by atoms with Gasteiger partial charge in [0.25, 0.3) is 5.56 Å². The van der Waals surface area contributed by atoms with Crippen LogP contribution in [0.5, 0.6) is 0 Å². The number of amides is 1. The first kappa shape index (κ1) is 16.0. The van der Waals surface area contributed by atoms with Crippen LogP contribution >= 0.6 is 0 Å². The first-order valence-corrected chi connectivity index (χ1v) is 7.70. The molecule has 0 spiro atoms. The van der Waals surface area contributed by atoms with Crippen molar-refractivity contribution in [3.8, 4) is 0 Å². The lowest BCUT2D eigenvalue weighted by atomic mass is 10.1. The van der Waals surface area contributed by atoms with Crippen LogP contribution in [-0.2, 0) is 16.1 Å². The number of hydrogen-bond acceptors (Lipinski definition) is 4. The third-order valence-electron chi connectivity index (χ3n) is 4.34. The molecule has 1 amide bonds. The quantitative estimate of drug-likeness (QED) is 0.820. The predicted molar refractivity (Wildman–Crippen MR) is 85.8 cm³/mol. The van der Waals surface area contributed by atoms with Gasteiger partial charge in [-0.05, 0) is 18.6 Å². The van der Waals surface area contributed by atoms with Crippen LogP contribution in [0.3, 0.4) is 0 Å². The Bertz CT molecular complexity index is 914. The molecule has 0 aliphatic carbocycles. The van der Waals surface area contributed by atoms with Gasteiger partial charge in [-0.1, -0.05) is 12.1 Å². The second-order valence-electron chi connectivity index (χ2n) is 5.84. The molecule has 0 radical (unpaired) electrons. The molecule has 2 aromatic rings. The van der Waals surface area contributed by atoms with Crippen molar-refractivity contribution in [3.63, 3.8) is 0 Å². The van der Waals surface area contributed by atoms with Crippen LogP contribution in [0.2, 0.25) is 0 Å². The summed E-state index contributed by atoms with van der Waals surface area (Å²) in [6.45, 7) is 0.746. The second-order valence-corrected chi connectivity index (χ2v) is 5.84. The van der Waals surface area contributed by atoms with Crippen molar-refractivity contribution in [2.24, 2.45) is 5.92 Å². The largest absolute Gasteiger partial charge is 0.481 e. The number of nitrogens with zero attached hydrogens (tertiary/aromatic N) is 2. The van der Waals surface area contributed by atoms with Crippen LogP contribution in [0.1, 0.15) is 12.8 Å². The van der Waals surface area contributed by atoms with Gasteiger partial charge in [-0.2, -0.15) is 0 Å². The fourth-order valence-corrected chi connectivity index (χ4v) is 3.02. The summed E-state index contributed by atoms with van der Waals surface area (Å²) in [5, 5.41) is 9.37. The highest BCUT2D eigenvalue weighted by Crippen LogP contribution is 2.17. The fraction of sp³-hybridized carbons (Fsp3) is 0.375. The molecule has 1 fully saturated rings. The topological polar surface area (TPSA) is 112 Å². The molecule has 8 heteroatoms. The maximum absolute atomic E-state index is 12.2. The first-order valence-electron chi connectivity index (χ1n) is 7.70. The summed E-state index contributed by atoms with van der Waals surface area (Å²) in [5.41, 5.74) is -0.540. The van der Waals surface area contributed by atoms with Crippen LogP contribution in [0.15, 0.2) is 33.9 Å². The molecule has 126 valence electrons. The number of hydrogen-bond donors (Lipinski definition) is 2. The third kappa shape index (κ3) is 2.94. The molecule has 1 aromatic heterocycles. The van der Waals surface area contributed by atoms with Gasteiger partial charge in [0, 0.05) is 26.1 Å². The molecule has 0 unspecified atom stereocenters. The monoisotopic (exact) mass is 331 g/mol. The Labute approximate surface area is 136 Å². The number of aromatic amines is 1. The number of aromatic nitrogens is 2. The molecule has 1 aliphatic rings. The molecule has 2 heterocycles. The Morgan fingerprint density at radius 3 is 2.71 bits per heavy atom. The number of carbonyl (C=O) groups excluding carboxylic acids is 1. The van der Waals surface area contributed by atoms with Crippen molar-refractivity contribution in [2.75, 3.05) is 13.1 Å². The number of carboxylic acid groups (broad SMARTS) is 1. The van der Waals surface area contributed by atoms with Gasteiger partial charge in [0.05, 0.1) is 16.8 Å². The van der Waals surface area contributed by atoms with Gasteiger partial charge in [0.2, 0.25) is 5.91 Å². The van der Waals surface area contributed by atoms with Gasteiger partial charge in [-0.25, -0.2) is 4.79 Å². The zero-order chi connectivity index (χ0) is 17.3. The van der Waals surface area contributed by atoms with Gasteiger partial charge in [-0.3, -0.25) is 23.9 Å². The Morgan fingerprint density at radius 1 is 1.25 bits per heavy atom. The Hall–Kier alpha value is -2.90. The smallest absolute Gasteiger partial charge is 0.328 e. The summed E-state index contributed by atoms with van der Waals surface area (Å²) in [4.78, 5) is 50.8. The lowest BCUT2D eigenvalue weighted by Crippen LogP contribution is -2.34. The van der Waals surface area contributed by atoms with Gasteiger partial charge >= 0.3 is 11.7 Å². The van der Waals surface area contributed by atoms with Crippen LogP contribution in [0.4, 0.5) is 0 Å². The van der Waals surface area contributed by atoms with Crippen molar-refractivity contribution in [1.29, 1.82) is 0 Å².